The number of ether oxygens (including phenoxy) is 1. The number of aliphatic hydroxyl groups excluding tert-OH is 1. The zero-order valence-corrected chi connectivity index (χ0v) is 14.3. The van der Waals surface area contributed by atoms with Crippen molar-refractivity contribution in [2.75, 3.05) is 13.2 Å². The van der Waals surface area contributed by atoms with Crippen molar-refractivity contribution in [3.05, 3.63) is 59.9 Å². The lowest BCUT2D eigenvalue weighted by Crippen LogP contribution is -2.32. The van der Waals surface area contributed by atoms with E-state index in [0.717, 1.165) is 16.7 Å². The van der Waals surface area contributed by atoms with Gasteiger partial charge in [0.25, 0.3) is 0 Å². The molecule has 0 aromatic heterocycles. The highest BCUT2D eigenvalue weighted by Gasteiger charge is 2.22. The maximum absolute atomic E-state index is 13.3. The lowest BCUT2D eigenvalue weighted by Gasteiger charge is -2.18. The molecule has 25 heavy (non-hydrogen) atoms. The molecule has 0 aliphatic carbocycles. The average Bonchev–Trinajstić information content (AvgIpc) is 2.60. The predicted molar refractivity (Wildman–Crippen MR) is 95.3 cm³/mol. The van der Waals surface area contributed by atoms with Gasteiger partial charge in [0.2, 0.25) is 0 Å². The zero-order valence-electron chi connectivity index (χ0n) is 14.3. The molecule has 0 saturated carbocycles. The lowest BCUT2D eigenvalue weighted by molar-refractivity contribution is -0.149. The van der Waals surface area contributed by atoms with Crippen LogP contribution < -0.4 is 5.73 Å². The van der Waals surface area contributed by atoms with Crippen LogP contribution in [0.2, 0.25) is 0 Å². The Morgan fingerprint density at radius 2 is 1.92 bits per heavy atom. The second-order valence-corrected chi connectivity index (χ2v) is 6.04. The van der Waals surface area contributed by atoms with Crippen LogP contribution in [0.1, 0.15) is 18.9 Å². The average molecular weight is 345 g/mol. The standard InChI is InChI=1S/C20H24FNO3/c1-2-25-20(24)17(13-23)12-19(22)10-14-6-8-15(9-7-14)16-4-3-5-18(21)11-16/h3-9,11,17,19,23H,2,10,12-13,22H2,1H3/t17-,19-/m1/s1. The molecule has 0 heterocycles. The summed E-state index contributed by atoms with van der Waals surface area (Å²) in [5.74, 6) is -1.28. The Kier molecular flexibility index (Phi) is 7.10. The predicted octanol–water partition coefficient (Wildman–Crippen LogP) is 2.92. The molecule has 0 spiro atoms. The summed E-state index contributed by atoms with van der Waals surface area (Å²) in [6.45, 7) is 1.74. The summed E-state index contributed by atoms with van der Waals surface area (Å²) in [4.78, 5) is 11.7. The van der Waals surface area contributed by atoms with Gasteiger partial charge in [0.15, 0.2) is 0 Å². The van der Waals surface area contributed by atoms with Gasteiger partial charge in [-0.1, -0.05) is 36.4 Å². The first-order valence-electron chi connectivity index (χ1n) is 8.41. The van der Waals surface area contributed by atoms with Crippen LogP contribution in [0.4, 0.5) is 4.39 Å². The molecule has 0 fully saturated rings. The second-order valence-electron chi connectivity index (χ2n) is 6.04. The van der Waals surface area contributed by atoms with Crippen LogP contribution in [0, 0.1) is 11.7 Å². The summed E-state index contributed by atoms with van der Waals surface area (Å²) in [6, 6.07) is 13.9. The van der Waals surface area contributed by atoms with E-state index in [1.54, 1.807) is 13.0 Å². The van der Waals surface area contributed by atoms with E-state index >= 15 is 0 Å². The fourth-order valence-electron chi connectivity index (χ4n) is 2.76. The summed E-state index contributed by atoms with van der Waals surface area (Å²) in [6.07, 6.45) is 0.945. The SMILES string of the molecule is CCOC(=O)[C@@H](CO)C[C@H](N)Cc1ccc(-c2cccc(F)c2)cc1. The van der Waals surface area contributed by atoms with Gasteiger partial charge in [0, 0.05) is 6.04 Å². The molecule has 4 nitrogen and oxygen atoms in total. The van der Waals surface area contributed by atoms with Gasteiger partial charge < -0.3 is 15.6 Å². The lowest BCUT2D eigenvalue weighted by atomic mass is 9.95. The second kappa shape index (κ2) is 9.30. The first-order valence-corrected chi connectivity index (χ1v) is 8.41. The first-order chi connectivity index (χ1) is 12.0. The number of rotatable bonds is 8. The maximum Gasteiger partial charge on any atom is 0.311 e. The molecule has 2 aromatic carbocycles. The summed E-state index contributed by atoms with van der Waals surface area (Å²) in [5.41, 5.74) is 8.88. The third-order valence-electron chi connectivity index (χ3n) is 4.04. The fourth-order valence-corrected chi connectivity index (χ4v) is 2.76. The van der Waals surface area contributed by atoms with E-state index in [1.165, 1.54) is 12.1 Å². The molecule has 134 valence electrons. The highest BCUT2D eigenvalue weighted by Crippen LogP contribution is 2.21. The summed E-state index contributed by atoms with van der Waals surface area (Å²) >= 11 is 0. The van der Waals surface area contributed by atoms with Gasteiger partial charge in [0.1, 0.15) is 5.82 Å². The molecule has 0 bridgehead atoms. The molecule has 0 unspecified atom stereocenters. The largest absolute Gasteiger partial charge is 0.466 e. The molecule has 3 N–H and O–H groups in total. The maximum atomic E-state index is 13.3. The quantitative estimate of drug-likeness (QED) is 0.722. The van der Waals surface area contributed by atoms with Crippen LogP contribution in [0.15, 0.2) is 48.5 Å². The molecule has 0 aliphatic heterocycles. The van der Waals surface area contributed by atoms with Crippen LogP contribution in [0.5, 0.6) is 0 Å². The van der Waals surface area contributed by atoms with Gasteiger partial charge in [-0.3, -0.25) is 4.79 Å². The fraction of sp³-hybridized carbons (Fsp3) is 0.350. The van der Waals surface area contributed by atoms with E-state index in [2.05, 4.69) is 0 Å². The number of hydrogen-bond acceptors (Lipinski definition) is 4. The normalized spacial score (nSPS) is 13.3. The van der Waals surface area contributed by atoms with E-state index in [9.17, 15) is 14.3 Å². The Hall–Kier alpha value is -2.24. The Morgan fingerprint density at radius 1 is 1.20 bits per heavy atom. The highest BCUT2D eigenvalue weighted by atomic mass is 19.1. The molecule has 0 saturated heterocycles. The van der Waals surface area contributed by atoms with Crippen molar-refractivity contribution in [1.29, 1.82) is 0 Å². The number of nitrogens with two attached hydrogens (primary N) is 1. The molecule has 2 rings (SSSR count). The van der Waals surface area contributed by atoms with Gasteiger partial charge in [0.05, 0.1) is 19.1 Å². The van der Waals surface area contributed by atoms with Crippen LogP contribution in [-0.2, 0) is 16.0 Å². The van der Waals surface area contributed by atoms with E-state index in [0.29, 0.717) is 12.8 Å². The molecule has 0 amide bonds. The number of benzene rings is 2. The molecule has 5 heteroatoms. The minimum absolute atomic E-state index is 0.262. The third kappa shape index (κ3) is 5.66. The summed E-state index contributed by atoms with van der Waals surface area (Å²) < 4.78 is 18.2. The van der Waals surface area contributed by atoms with Crippen LogP contribution >= 0.6 is 0 Å². The van der Waals surface area contributed by atoms with Crippen LogP contribution in [0.3, 0.4) is 0 Å². The monoisotopic (exact) mass is 345 g/mol. The molecule has 0 radical (unpaired) electrons. The topological polar surface area (TPSA) is 72.5 Å². The van der Waals surface area contributed by atoms with Crippen molar-refractivity contribution in [2.24, 2.45) is 11.7 Å². The van der Waals surface area contributed by atoms with Crippen molar-refractivity contribution >= 4 is 5.97 Å². The van der Waals surface area contributed by atoms with E-state index in [1.807, 2.05) is 30.3 Å². The van der Waals surface area contributed by atoms with Crippen molar-refractivity contribution in [1.82, 2.24) is 0 Å². The smallest absolute Gasteiger partial charge is 0.311 e. The number of hydrogen-bond donors (Lipinski definition) is 2. The van der Waals surface area contributed by atoms with Crippen LogP contribution in [-0.4, -0.2) is 30.3 Å². The summed E-state index contributed by atoms with van der Waals surface area (Å²) in [5, 5.41) is 9.34. The molecular weight excluding hydrogens is 321 g/mol. The third-order valence-corrected chi connectivity index (χ3v) is 4.04. The molecular formula is C20H24FNO3. The molecule has 0 aliphatic rings. The number of esters is 1. The minimum atomic E-state index is -0.596. The van der Waals surface area contributed by atoms with Gasteiger partial charge >= 0.3 is 5.97 Å². The Morgan fingerprint density at radius 3 is 2.52 bits per heavy atom. The van der Waals surface area contributed by atoms with Crippen molar-refractivity contribution in [3.8, 4) is 11.1 Å². The Labute approximate surface area is 147 Å². The number of aliphatic hydroxyl groups is 1. The van der Waals surface area contributed by atoms with Crippen molar-refractivity contribution in [2.45, 2.75) is 25.8 Å². The zero-order chi connectivity index (χ0) is 18.2. The van der Waals surface area contributed by atoms with E-state index in [-0.39, 0.29) is 25.1 Å². The van der Waals surface area contributed by atoms with Gasteiger partial charge in [-0.2, -0.15) is 0 Å². The molecule has 2 atom stereocenters. The number of carbonyl (C=O) groups is 1. The molecule has 2 aromatic rings. The van der Waals surface area contributed by atoms with Crippen molar-refractivity contribution in [3.63, 3.8) is 0 Å². The first kappa shape index (κ1) is 19.1. The minimum Gasteiger partial charge on any atom is -0.466 e. The Bertz CT molecular complexity index is 688. The van der Waals surface area contributed by atoms with Crippen LogP contribution in [0.25, 0.3) is 11.1 Å². The van der Waals surface area contributed by atoms with E-state index in [4.69, 9.17) is 10.5 Å². The number of carbonyl (C=O) groups excluding carboxylic acids is 1. The van der Waals surface area contributed by atoms with Crippen molar-refractivity contribution < 1.29 is 19.0 Å². The van der Waals surface area contributed by atoms with E-state index < -0.39 is 11.9 Å². The van der Waals surface area contributed by atoms with Gasteiger partial charge in [-0.05, 0) is 48.6 Å². The van der Waals surface area contributed by atoms with Gasteiger partial charge in [-0.25, -0.2) is 4.39 Å². The highest BCUT2D eigenvalue weighted by molar-refractivity contribution is 5.72. The summed E-state index contributed by atoms with van der Waals surface area (Å²) in [7, 11) is 0. The van der Waals surface area contributed by atoms with Gasteiger partial charge in [-0.15, -0.1) is 0 Å². The Balaban J connectivity index is 1.97. The number of halogens is 1.